The van der Waals surface area contributed by atoms with Gasteiger partial charge in [-0.2, -0.15) is 0 Å². The number of rotatable bonds is 4. The van der Waals surface area contributed by atoms with Crippen LogP contribution in [0, 0.1) is 0 Å². The minimum atomic E-state index is -0.455. The van der Waals surface area contributed by atoms with Gasteiger partial charge < -0.3 is 10.1 Å². The predicted octanol–water partition coefficient (Wildman–Crippen LogP) is 2.26. The van der Waals surface area contributed by atoms with Gasteiger partial charge in [-0.25, -0.2) is 4.79 Å². The van der Waals surface area contributed by atoms with Crippen LogP contribution >= 0.6 is 0 Å². The van der Waals surface area contributed by atoms with Gasteiger partial charge in [-0.05, 0) is 26.3 Å². The normalized spacial score (nSPS) is 11.0. The van der Waals surface area contributed by atoms with Crippen molar-refractivity contribution in [2.75, 3.05) is 6.67 Å². The van der Waals surface area contributed by atoms with Gasteiger partial charge in [0.2, 0.25) is 0 Å². The zero-order valence-corrected chi connectivity index (χ0v) is 10.6. The smallest absolute Gasteiger partial charge is 0.408 e. The highest BCUT2D eigenvalue weighted by Crippen LogP contribution is 2.05. The molecule has 1 aromatic rings. The first-order valence-electron chi connectivity index (χ1n) is 5.69. The molecule has 1 amide bonds. The third kappa shape index (κ3) is 6.58. The minimum Gasteiger partial charge on any atom is -0.444 e. The first-order valence-corrected chi connectivity index (χ1v) is 5.69. The third-order valence-electron chi connectivity index (χ3n) is 1.93. The maximum absolute atomic E-state index is 11.3. The van der Waals surface area contributed by atoms with Crippen molar-refractivity contribution in [1.82, 2.24) is 10.6 Å². The monoisotopic (exact) mass is 236 g/mol. The van der Waals surface area contributed by atoms with Gasteiger partial charge in [0.25, 0.3) is 0 Å². The Bertz CT molecular complexity index is 344. The maximum Gasteiger partial charge on any atom is 0.408 e. The van der Waals surface area contributed by atoms with Gasteiger partial charge in [0.05, 0.1) is 6.67 Å². The van der Waals surface area contributed by atoms with E-state index < -0.39 is 11.7 Å². The topological polar surface area (TPSA) is 50.4 Å². The average Bonchev–Trinajstić information content (AvgIpc) is 2.23. The molecule has 0 aliphatic rings. The highest BCUT2D eigenvalue weighted by molar-refractivity contribution is 5.67. The Labute approximate surface area is 102 Å². The fourth-order valence-electron chi connectivity index (χ4n) is 1.25. The molecule has 0 bridgehead atoms. The van der Waals surface area contributed by atoms with Crippen LogP contribution in [0.15, 0.2) is 30.3 Å². The van der Waals surface area contributed by atoms with E-state index in [4.69, 9.17) is 4.74 Å². The standard InChI is InChI=1S/C13H20N2O2/c1-13(2,3)17-12(16)15-10-14-9-11-7-5-4-6-8-11/h4-8,14H,9-10H2,1-3H3,(H,15,16). The van der Waals surface area contributed by atoms with Crippen molar-refractivity contribution < 1.29 is 9.53 Å². The predicted molar refractivity (Wildman–Crippen MR) is 67.5 cm³/mol. The van der Waals surface area contributed by atoms with Crippen LogP contribution in [0.3, 0.4) is 0 Å². The van der Waals surface area contributed by atoms with E-state index in [-0.39, 0.29) is 0 Å². The summed E-state index contributed by atoms with van der Waals surface area (Å²) in [6.07, 6.45) is -0.405. The summed E-state index contributed by atoms with van der Waals surface area (Å²) in [5.41, 5.74) is 0.724. The van der Waals surface area contributed by atoms with E-state index in [1.165, 1.54) is 5.56 Å². The van der Waals surface area contributed by atoms with Crippen LogP contribution in [0.1, 0.15) is 26.3 Å². The molecule has 0 heterocycles. The summed E-state index contributed by atoms with van der Waals surface area (Å²) in [6, 6.07) is 10.0. The van der Waals surface area contributed by atoms with E-state index in [0.29, 0.717) is 6.67 Å². The number of amides is 1. The Hall–Kier alpha value is -1.55. The average molecular weight is 236 g/mol. The number of carbonyl (C=O) groups excluding carboxylic acids is 1. The van der Waals surface area contributed by atoms with Crippen molar-refractivity contribution in [2.24, 2.45) is 0 Å². The molecule has 1 aromatic carbocycles. The molecule has 4 heteroatoms. The number of carbonyl (C=O) groups is 1. The largest absolute Gasteiger partial charge is 0.444 e. The lowest BCUT2D eigenvalue weighted by atomic mass is 10.2. The van der Waals surface area contributed by atoms with Gasteiger partial charge in [0.15, 0.2) is 0 Å². The zero-order valence-electron chi connectivity index (χ0n) is 10.6. The molecule has 1 rings (SSSR count). The van der Waals surface area contributed by atoms with Gasteiger partial charge >= 0.3 is 6.09 Å². The third-order valence-corrected chi connectivity index (χ3v) is 1.93. The maximum atomic E-state index is 11.3. The molecular formula is C13H20N2O2. The molecule has 0 unspecified atom stereocenters. The molecule has 0 radical (unpaired) electrons. The van der Waals surface area contributed by atoms with E-state index in [2.05, 4.69) is 10.6 Å². The fraction of sp³-hybridized carbons (Fsp3) is 0.462. The van der Waals surface area contributed by atoms with Crippen LogP contribution in [0.2, 0.25) is 0 Å². The molecule has 4 nitrogen and oxygen atoms in total. The summed E-state index contributed by atoms with van der Waals surface area (Å²) in [5.74, 6) is 0. The van der Waals surface area contributed by atoms with Gasteiger partial charge in [-0.15, -0.1) is 0 Å². The van der Waals surface area contributed by atoms with Gasteiger partial charge in [0, 0.05) is 6.54 Å². The number of alkyl carbamates (subject to hydrolysis) is 1. The van der Waals surface area contributed by atoms with Gasteiger partial charge in [-0.1, -0.05) is 30.3 Å². The quantitative estimate of drug-likeness (QED) is 0.622. The molecule has 0 saturated heterocycles. The summed E-state index contributed by atoms with van der Waals surface area (Å²) in [5, 5.41) is 5.74. The molecule has 94 valence electrons. The first kappa shape index (κ1) is 13.5. The molecule has 0 atom stereocenters. The molecule has 0 aliphatic carbocycles. The van der Waals surface area contributed by atoms with Crippen LogP contribution in [0.5, 0.6) is 0 Å². The van der Waals surface area contributed by atoms with Crippen LogP contribution in [0.4, 0.5) is 4.79 Å². The fourth-order valence-corrected chi connectivity index (χ4v) is 1.25. The molecule has 0 saturated carbocycles. The summed E-state index contributed by atoms with van der Waals surface area (Å²) in [7, 11) is 0. The van der Waals surface area contributed by atoms with E-state index in [0.717, 1.165) is 6.54 Å². The van der Waals surface area contributed by atoms with Crippen molar-refractivity contribution in [3.8, 4) is 0 Å². The summed E-state index contributed by atoms with van der Waals surface area (Å²) in [4.78, 5) is 11.3. The van der Waals surface area contributed by atoms with E-state index in [9.17, 15) is 4.79 Å². The highest BCUT2D eigenvalue weighted by Gasteiger charge is 2.15. The highest BCUT2D eigenvalue weighted by atomic mass is 16.6. The van der Waals surface area contributed by atoms with Gasteiger partial charge in [-0.3, -0.25) is 5.32 Å². The number of hydrogen-bond donors (Lipinski definition) is 2. The summed E-state index contributed by atoms with van der Waals surface area (Å²) in [6.45, 7) is 6.62. The van der Waals surface area contributed by atoms with Crippen LogP contribution in [0.25, 0.3) is 0 Å². The Kier molecular flexibility index (Phi) is 4.97. The molecular weight excluding hydrogens is 216 g/mol. The second kappa shape index (κ2) is 6.25. The van der Waals surface area contributed by atoms with E-state index in [1.807, 2.05) is 51.1 Å². The lowest BCUT2D eigenvalue weighted by molar-refractivity contribution is 0.0523. The number of ether oxygens (including phenoxy) is 1. The molecule has 2 N–H and O–H groups in total. The van der Waals surface area contributed by atoms with Crippen LogP contribution < -0.4 is 10.6 Å². The first-order chi connectivity index (χ1) is 7.97. The molecule has 0 aromatic heterocycles. The molecule has 17 heavy (non-hydrogen) atoms. The van der Waals surface area contributed by atoms with E-state index >= 15 is 0 Å². The minimum absolute atomic E-state index is 0.393. The number of nitrogens with one attached hydrogen (secondary N) is 2. The zero-order chi connectivity index (χ0) is 12.7. The summed E-state index contributed by atoms with van der Waals surface area (Å²) < 4.78 is 5.10. The van der Waals surface area contributed by atoms with Crippen molar-refractivity contribution >= 4 is 6.09 Å². The lowest BCUT2D eigenvalue weighted by Crippen LogP contribution is -2.37. The Morgan fingerprint density at radius 3 is 2.47 bits per heavy atom. The number of benzene rings is 1. The Morgan fingerprint density at radius 2 is 1.88 bits per heavy atom. The molecule has 0 fully saturated rings. The van der Waals surface area contributed by atoms with Gasteiger partial charge in [0.1, 0.15) is 5.60 Å². The van der Waals surface area contributed by atoms with Crippen LogP contribution in [-0.4, -0.2) is 18.4 Å². The second-order valence-corrected chi connectivity index (χ2v) is 4.77. The van der Waals surface area contributed by atoms with E-state index in [1.54, 1.807) is 0 Å². The second-order valence-electron chi connectivity index (χ2n) is 4.77. The molecule has 0 aliphatic heterocycles. The van der Waals surface area contributed by atoms with Crippen molar-refractivity contribution in [2.45, 2.75) is 32.9 Å². The van der Waals surface area contributed by atoms with Crippen LogP contribution in [-0.2, 0) is 11.3 Å². The van der Waals surface area contributed by atoms with Crippen molar-refractivity contribution in [3.63, 3.8) is 0 Å². The molecule has 0 spiro atoms. The van der Waals surface area contributed by atoms with Crippen molar-refractivity contribution in [3.05, 3.63) is 35.9 Å². The lowest BCUT2D eigenvalue weighted by Gasteiger charge is -2.19. The SMILES string of the molecule is CC(C)(C)OC(=O)NCNCc1ccccc1. The Balaban J connectivity index is 2.14. The number of hydrogen-bond acceptors (Lipinski definition) is 3. The summed E-state index contributed by atoms with van der Waals surface area (Å²) >= 11 is 0. The Morgan fingerprint density at radius 1 is 1.24 bits per heavy atom. The van der Waals surface area contributed by atoms with Crippen molar-refractivity contribution in [1.29, 1.82) is 0 Å².